The van der Waals surface area contributed by atoms with Crippen LogP contribution in [0.4, 0.5) is 24.5 Å². The Bertz CT molecular complexity index is 964. The van der Waals surface area contributed by atoms with Crippen LogP contribution in [0.15, 0.2) is 60.7 Å². The topological polar surface area (TPSA) is 38.3 Å². The molecule has 3 rings (SSSR count). The molecule has 132 valence electrons. The van der Waals surface area contributed by atoms with Gasteiger partial charge < -0.3 is 10.1 Å². The predicted octanol–water partition coefficient (Wildman–Crippen LogP) is 5.67. The molecule has 0 heterocycles. The molecular formula is C19H11F3INO2. The Kier molecular flexibility index (Phi) is 5.46. The average Bonchev–Trinajstić information content (AvgIpc) is 2.64. The molecule has 0 fully saturated rings. The van der Waals surface area contributed by atoms with E-state index in [-0.39, 0.29) is 20.6 Å². The second-order valence-corrected chi connectivity index (χ2v) is 6.33. The zero-order valence-electron chi connectivity index (χ0n) is 13.1. The number of carbonyl (C=O) groups excluding carboxylic acids is 1. The fraction of sp³-hybridized carbons (Fsp3) is 0. The Labute approximate surface area is 160 Å². The van der Waals surface area contributed by atoms with Crippen LogP contribution >= 0.6 is 22.6 Å². The van der Waals surface area contributed by atoms with E-state index in [0.29, 0.717) is 5.69 Å². The molecule has 3 aromatic carbocycles. The third-order valence-corrected chi connectivity index (χ3v) is 4.52. The fourth-order valence-corrected chi connectivity index (χ4v) is 2.86. The van der Waals surface area contributed by atoms with Gasteiger partial charge in [-0.05, 0) is 59.0 Å². The van der Waals surface area contributed by atoms with Crippen LogP contribution in [-0.4, -0.2) is 5.97 Å². The summed E-state index contributed by atoms with van der Waals surface area (Å²) in [6.07, 6.45) is 0. The molecule has 26 heavy (non-hydrogen) atoms. The number of anilines is 2. The normalized spacial score (nSPS) is 10.5. The lowest BCUT2D eigenvalue weighted by atomic mass is 10.2. The highest BCUT2D eigenvalue weighted by atomic mass is 127. The third-order valence-electron chi connectivity index (χ3n) is 3.45. The van der Waals surface area contributed by atoms with Crippen LogP contribution in [0, 0.1) is 21.0 Å². The van der Waals surface area contributed by atoms with Gasteiger partial charge >= 0.3 is 5.97 Å². The third kappa shape index (κ3) is 3.98. The Balaban J connectivity index is 1.88. The Morgan fingerprint density at radius 3 is 2.27 bits per heavy atom. The lowest BCUT2D eigenvalue weighted by Crippen LogP contribution is -2.11. The number of esters is 1. The number of carbonyl (C=O) groups is 1. The summed E-state index contributed by atoms with van der Waals surface area (Å²) in [5, 5.41) is 2.85. The minimum Gasteiger partial charge on any atom is -0.419 e. The molecular weight excluding hydrogens is 458 g/mol. The Morgan fingerprint density at radius 1 is 0.885 bits per heavy atom. The largest absolute Gasteiger partial charge is 0.419 e. The van der Waals surface area contributed by atoms with Gasteiger partial charge in [-0.3, -0.25) is 0 Å². The number of nitrogens with one attached hydrogen (secondary N) is 1. The van der Waals surface area contributed by atoms with Crippen LogP contribution in [0.3, 0.4) is 0 Å². The summed E-state index contributed by atoms with van der Waals surface area (Å²) >= 11 is 1.81. The van der Waals surface area contributed by atoms with E-state index in [0.717, 1.165) is 18.2 Å². The van der Waals surface area contributed by atoms with Gasteiger partial charge in [0.05, 0.1) is 14.8 Å². The molecule has 3 aromatic rings. The molecule has 0 spiro atoms. The number of benzene rings is 3. The quantitative estimate of drug-likeness (QED) is 0.304. The van der Waals surface area contributed by atoms with Crippen LogP contribution in [0.2, 0.25) is 0 Å². The summed E-state index contributed by atoms with van der Waals surface area (Å²) in [4.78, 5) is 12.2. The van der Waals surface area contributed by atoms with Crippen molar-refractivity contribution in [1.82, 2.24) is 0 Å². The molecule has 0 aliphatic rings. The number of hydrogen-bond acceptors (Lipinski definition) is 3. The molecule has 0 saturated heterocycles. The summed E-state index contributed by atoms with van der Waals surface area (Å²) in [5.74, 6) is -3.64. The summed E-state index contributed by atoms with van der Waals surface area (Å²) in [7, 11) is 0. The maximum Gasteiger partial charge on any atom is 0.343 e. The molecule has 1 N–H and O–H groups in total. The van der Waals surface area contributed by atoms with E-state index in [1.165, 1.54) is 12.1 Å². The molecule has 0 aliphatic heterocycles. The molecule has 0 unspecified atom stereocenters. The predicted molar refractivity (Wildman–Crippen MR) is 100 cm³/mol. The lowest BCUT2D eigenvalue weighted by molar-refractivity contribution is 0.0726. The van der Waals surface area contributed by atoms with Crippen LogP contribution in [-0.2, 0) is 0 Å². The van der Waals surface area contributed by atoms with Crippen molar-refractivity contribution in [1.29, 1.82) is 0 Å². The van der Waals surface area contributed by atoms with Crippen LogP contribution in [0.25, 0.3) is 0 Å². The smallest absolute Gasteiger partial charge is 0.343 e. The molecule has 0 saturated carbocycles. The second kappa shape index (κ2) is 7.77. The Morgan fingerprint density at radius 2 is 1.58 bits per heavy atom. The van der Waals surface area contributed by atoms with Crippen molar-refractivity contribution in [2.75, 3.05) is 5.32 Å². The number of hydrogen-bond donors (Lipinski definition) is 1. The van der Waals surface area contributed by atoms with Crippen molar-refractivity contribution >= 4 is 39.9 Å². The van der Waals surface area contributed by atoms with Gasteiger partial charge in [0, 0.05) is 11.8 Å². The van der Waals surface area contributed by atoms with E-state index in [9.17, 15) is 18.0 Å². The van der Waals surface area contributed by atoms with Gasteiger partial charge in [0.15, 0.2) is 23.2 Å². The van der Waals surface area contributed by atoms with Crippen molar-refractivity contribution in [3.63, 3.8) is 0 Å². The number of halogens is 4. The molecule has 0 amide bonds. The highest BCUT2D eigenvalue weighted by Crippen LogP contribution is 2.33. The number of ether oxygens (including phenoxy) is 1. The fourth-order valence-electron chi connectivity index (χ4n) is 2.18. The summed E-state index contributed by atoms with van der Waals surface area (Å²) in [5.41, 5.74) is 0.935. The van der Waals surface area contributed by atoms with Crippen LogP contribution in [0.1, 0.15) is 10.4 Å². The summed E-state index contributed by atoms with van der Waals surface area (Å²) in [6.45, 7) is 0. The van der Waals surface area contributed by atoms with E-state index in [1.807, 2.05) is 22.6 Å². The van der Waals surface area contributed by atoms with Crippen molar-refractivity contribution in [2.45, 2.75) is 0 Å². The highest BCUT2D eigenvalue weighted by molar-refractivity contribution is 14.1. The molecule has 0 aromatic heterocycles. The van der Waals surface area contributed by atoms with Gasteiger partial charge in [0.2, 0.25) is 0 Å². The Hall–Kier alpha value is -2.55. The summed E-state index contributed by atoms with van der Waals surface area (Å²) < 4.78 is 46.0. The SMILES string of the molecule is O=C(Oc1c(F)ccc(Nc2ccc(F)c(F)c2)c1I)c1ccccc1. The van der Waals surface area contributed by atoms with E-state index < -0.39 is 23.4 Å². The van der Waals surface area contributed by atoms with Gasteiger partial charge in [0.25, 0.3) is 0 Å². The first-order valence-corrected chi connectivity index (χ1v) is 8.51. The first-order valence-electron chi connectivity index (χ1n) is 7.43. The lowest BCUT2D eigenvalue weighted by Gasteiger charge is -2.13. The van der Waals surface area contributed by atoms with Gasteiger partial charge in [-0.25, -0.2) is 18.0 Å². The zero-order chi connectivity index (χ0) is 18.7. The van der Waals surface area contributed by atoms with E-state index in [2.05, 4.69) is 5.32 Å². The zero-order valence-corrected chi connectivity index (χ0v) is 15.3. The van der Waals surface area contributed by atoms with Gasteiger partial charge in [-0.2, -0.15) is 0 Å². The maximum atomic E-state index is 14.1. The average molecular weight is 469 g/mol. The van der Waals surface area contributed by atoms with Gasteiger partial charge in [0.1, 0.15) is 0 Å². The number of rotatable bonds is 4. The van der Waals surface area contributed by atoms with Crippen LogP contribution < -0.4 is 10.1 Å². The van der Waals surface area contributed by atoms with E-state index in [4.69, 9.17) is 4.74 Å². The van der Waals surface area contributed by atoms with Gasteiger partial charge in [-0.15, -0.1) is 0 Å². The monoisotopic (exact) mass is 469 g/mol. The van der Waals surface area contributed by atoms with Crippen molar-refractivity contribution < 1.29 is 22.7 Å². The minimum atomic E-state index is -1.01. The van der Waals surface area contributed by atoms with Crippen LogP contribution in [0.5, 0.6) is 5.75 Å². The first kappa shape index (κ1) is 18.2. The molecule has 0 atom stereocenters. The molecule has 0 radical (unpaired) electrons. The standard InChI is InChI=1S/C19H11F3INO2/c20-13-7-6-12(10-15(13)22)24-16-9-8-14(21)18(17(16)23)26-19(25)11-4-2-1-3-5-11/h1-10,24H. The minimum absolute atomic E-state index is 0.243. The molecule has 0 bridgehead atoms. The maximum absolute atomic E-state index is 14.1. The van der Waals surface area contributed by atoms with Crippen molar-refractivity contribution in [3.8, 4) is 5.75 Å². The second-order valence-electron chi connectivity index (χ2n) is 5.25. The van der Waals surface area contributed by atoms with Gasteiger partial charge in [-0.1, -0.05) is 18.2 Å². The van der Waals surface area contributed by atoms with E-state index in [1.54, 1.807) is 30.3 Å². The molecule has 7 heteroatoms. The summed E-state index contributed by atoms with van der Waals surface area (Å²) in [6, 6.07) is 14.0. The molecule has 0 aliphatic carbocycles. The van der Waals surface area contributed by atoms with Crippen molar-refractivity contribution in [2.24, 2.45) is 0 Å². The first-order chi connectivity index (χ1) is 12.5. The highest BCUT2D eigenvalue weighted by Gasteiger charge is 2.18. The van der Waals surface area contributed by atoms with E-state index >= 15 is 0 Å². The molecule has 3 nitrogen and oxygen atoms in total. The van der Waals surface area contributed by atoms with Crippen molar-refractivity contribution in [3.05, 3.63) is 87.2 Å².